The van der Waals surface area contributed by atoms with Gasteiger partial charge in [0.1, 0.15) is 11.6 Å². The molecule has 0 amide bonds. The van der Waals surface area contributed by atoms with Gasteiger partial charge in [-0.25, -0.2) is 4.39 Å². The molecule has 0 saturated heterocycles. The summed E-state index contributed by atoms with van der Waals surface area (Å²) in [5, 5.41) is 10.3. The topological polar surface area (TPSA) is 29.5 Å². The molecule has 1 aliphatic rings. The fraction of sp³-hybridized carbons (Fsp3) is 0.600. The molecule has 1 N–H and O–H groups in total. The minimum atomic E-state index is -0.688. The van der Waals surface area contributed by atoms with E-state index in [2.05, 4.69) is 6.92 Å². The van der Waals surface area contributed by atoms with Crippen molar-refractivity contribution in [3.63, 3.8) is 0 Å². The molecule has 0 heterocycles. The van der Waals surface area contributed by atoms with Gasteiger partial charge in [0.25, 0.3) is 0 Å². The molecule has 18 heavy (non-hydrogen) atoms. The van der Waals surface area contributed by atoms with Crippen LogP contribution in [0.5, 0.6) is 5.75 Å². The third-order valence-electron chi connectivity index (χ3n) is 4.13. The van der Waals surface area contributed by atoms with Crippen molar-refractivity contribution in [1.82, 2.24) is 0 Å². The number of halogens is 1. The van der Waals surface area contributed by atoms with E-state index in [0.29, 0.717) is 17.2 Å². The van der Waals surface area contributed by atoms with Gasteiger partial charge in [-0.1, -0.05) is 19.8 Å². The second-order valence-electron chi connectivity index (χ2n) is 5.18. The number of aliphatic hydroxyl groups excluding tert-OH is 1. The highest BCUT2D eigenvalue weighted by Crippen LogP contribution is 2.41. The first-order valence-electron chi connectivity index (χ1n) is 6.67. The van der Waals surface area contributed by atoms with Gasteiger partial charge in [-0.3, -0.25) is 0 Å². The van der Waals surface area contributed by atoms with E-state index >= 15 is 0 Å². The quantitative estimate of drug-likeness (QED) is 0.885. The van der Waals surface area contributed by atoms with Gasteiger partial charge in [-0.2, -0.15) is 0 Å². The molecule has 3 heteroatoms. The maximum Gasteiger partial charge on any atom is 0.132 e. The summed E-state index contributed by atoms with van der Waals surface area (Å²) in [5.74, 6) is 0.993. The molecule has 1 aromatic carbocycles. The van der Waals surface area contributed by atoms with Crippen molar-refractivity contribution in [3.8, 4) is 5.75 Å². The lowest BCUT2D eigenvalue weighted by atomic mass is 9.92. The third kappa shape index (κ3) is 2.66. The predicted molar refractivity (Wildman–Crippen MR) is 69.0 cm³/mol. The molecule has 0 spiro atoms. The van der Waals surface area contributed by atoms with Gasteiger partial charge in [-0.15, -0.1) is 0 Å². The van der Waals surface area contributed by atoms with Crippen molar-refractivity contribution < 1.29 is 14.2 Å². The zero-order valence-electron chi connectivity index (χ0n) is 11.0. The van der Waals surface area contributed by atoms with Crippen molar-refractivity contribution in [2.45, 2.75) is 38.7 Å². The van der Waals surface area contributed by atoms with Crippen LogP contribution in [0, 0.1) is 17.7 Å². The number of hydrogen-bond acceptors (Lipinski definition) is 2. The van der Waals surface area contributed by atoms with Gasteiger partial charge < -0.3 is 9.84 Å². The Hall–Kier alpha value is -1.09. The first-order valence-corrected chi connectivity index (χ1v) is 6.67. The Morgan fingerprint density at radius 2 is 2.22 bits per heavy atom. The standard InChI is InChI=1S/C15H21FO2/c1-3-10-4-5-11(8-10)15(17)13-7-6-12(18-2)9-14(13)16/h6-7,9-11,15,17H,3-5,8H2,1-2H3. The zero-order chi connectivity index (χ0) is 13.1. The van der Waals surface area contributed by atoms with Gasteiger partial charge in [0, 0.05) is 11.6 Å². The smallest absolute Gasteiger partial charge is 0.132 e. The molecular weight excluding hydrogens is 231 g/mol. The Kier molecular flexibility index (Phi) is 4.23. The van der Waals surface area contributed by atoms with Gasteiger partial charge >= 0.3 is 0 Å². The molecule has 1 fully saturated rings. The van der Waals surface area contributed by atoms with E-state index < -0.39 is 6.10 Å². The average Bonchev–Trinajstić information content (AvgIpc) is 2.86. The molecule has 0 aromatic heterocycles. The van der Waals surface area contributed by atoms with Crippen LogP contribution in [0.4, 0.5) is 4.39 Å². The molecule has 1 aliphatic carbocycles. The summed E-state index contributed by atoms with van der Waals surface area (Å²) in [4.78, 5) is 0. The third-order valence-corrected chi connectivity index (χ3v) is 4.13. The predicted octanol–water partition coefficient (Wildman–Crippen LogP) is 3.69. The van der Waals surface area contributed by atoms with Crippen molar-refractivity contribution >= 4 is 0 Å². The average molecular weight is 252 g/mol. The summed E-state index contributed by atoms with van der Waals surface area (Å²) in [7, 11) is 1.51. The largest absolute Gasteiger partial charge is 0.497 e. The Morgan fingerprint density at radius 1 is 1.44 bits per heavy atom. The van der Waals surface area contributed by atoms with Gasteiger partial charge in [0.2, 0.25) is 0 Å². The Morgan fingerprint density at radius 3 is 2.78 bits per heavy atom. The molecule has 1 aromatic rings. The number of rotatable bonds is 4. The Labute approximate surface area is 108 Å². The zero-order valence-corrected chi connectivity index (χ0v) is 11.0. The lowest BCUT2D eigenvalue weighted by molar-refractivity contribution is 0.105. The van der Waals surface area contributed by atoms with Gasteiger partial charge in [0.05, 0.1) is 13.2 Å². The van der Waals surface area contributed by atoms with Crippen LogP contribution in [-0.2, 0) is 0 Å². The summed E-state index contributed by atoms with van der Waals surface area (Å²) in [6.45, 7) is 2.17. The normalized spacial score (nSPS) is 25.1. The number of ether oxygens (including phenoxy) is 1. The highest BCUT2D eigenvalue weighted by atomic mass is 19.1. The minimum absolute atomic E-state index is 0.192. The van der Waals surface area contributed by atoms with E-state index in [1.165, 1.54) is 13.2 Å². The van der Waals surface area contributed by atoms with Crippen LogP contribution in [0.15, 0.2) is 18.2 Å². The Bertz CT molecular complexity index is 405. The molecular formula is C15H21FO2. The number of benzene rings is 1. The minimum Gasteiger partial charge on any atom is -0.497 e. The summed E-state index contributed by atoms with van der Waals surface area (Å²) >= 11 is 0. The first-order chi connectivity index (χ1) is 8.65. The van der Waals surface area contributed by atoms with Crippen LogP contribution >= 0.6 is 0 Å². The van der Waals surface area contributed by atoms with Gasteiger partial charge in [-0.05, 0) is 36.8 Å². The van der Waals surface area contributed by atoms with Gasteiger partial charge in [0.15, 0.2) is 0 Å². The maximum absolute atomic E-state index is 13.9. The highest BCUT2D eigenvalue weighted by molar-refractivity contribution is 5.30. The lowest BCUT2D eigenvalue weighted by Crippen LogP contribution is -2.11. The first kappa shape index (κ1) is 13.3. The van der Waals surface area contributed by atoms with Crippen molar-refractivity contribution in [2.75, 3.05) is 7.11 Å². The summed E-state index contributed by atoms with van der Waals surface area (Å²) in [5.41, 5.74) is 0.401. The summed E-state index contributed by atoms with van der Waals surface area (Å²) < 4.78 is 18.8. The second kappa shape index (κ2) is 5.70. The Balaban J connectivity index is 2.11. The van der Waals surface area contributed by atoms with Crippen LogP contribution in [-0.4, -0.2) is 12.2 Å². The number of aliphatic hydroxyl groups is 1. The van der Waals surface area contributed by atoms with E-state index in [9.17, 15) is 9.50 Å². The highest BCUT2D eigenvalue weighted by Gasteiger charge is 2.31. The maximum atomic E-state index is 13.9. The van der Waals surface area contributed by atoms with Crippen LogP contribution in [0.25, 0.3) is 0 Å². The molecule has 2 rings (SSSR count). The van der Waals surface area contributed by atoms with E-state index in [0.717, 1.165) is 25.7 Å². The van der Waals surface area contributed by atoms with E-state index in [4.69, 9.17) is 4.74 Å². The van der Waals surface area contributed by atoms with Crippen molar-refractivity contribution in [1.29, 1.82) is 0 Å². The molecule has 1 saturated carbocycles. The molecule has 0 aliphatic heterocycles. The number of methoxy groups -OCH3 is 1. The van der Waals surface area contributed by atoms with Crippen LogP contribution in [0.2, 0.25) is 0 Å². The van der Waals surface area contributed by atoms with Crippen LogP contribution < -0.4 is 4.74 Å². The van der Waals surface area contributed by atoms with Crippen LogP contribution in [0.3, 0.4) is 0 Å². The van der Waals surface area contributed by atoms with E-state index in [1.54, 1.807) is 12.1 Å². The van der Waals surface area contributed by atoms with Crippen LogP contribution in [0.1, 0.15) is 44.3 Å². The van der Waals surface area contributed by atoms with E-state index in [1.807, 2.05) is 0 Å². The summed E-state index contributed by atoms with van der Waals surface area (Å²) in [6, 6.07) is 4.68. The molecule has 2 nitrogen and oxygen atoms in total. The molecule has 3 atom stereocenters. The molecule has 100 valence electrons. The molecule has 0 bridgehead atoms. The molecule has 0 radical (unpaired) electrons. The summed E-state index contributed by atoms with van der Waals surface area (Å²) in [6.07, 6.45) is 3.60. The van der Waals surface area contributed by atoms with Crippen molar-refractivity contribution in [3.05, 3.63) is 29.6 Å². The monoisotopic (exact) mass is 252 g/mol. The fourth-order valence-corrected chi connectivity index (χ4v) is 2.90. The SMILES string of the molecule is CCC1CCC(C(O)c2ccc(OC)cc2F)C1. The molecule has 3 unspecified atom stereocenters. The van der Waals surface area contributed by atoms with Crippen molar-refractivity contribution in [2.24, 2.45) is 11.8 Å². The number of hydrogen-bond donors (Lipinski definition) is 1. The fourth-order valence-electron chi connectivity index (χ4n) is 2.90. The van der Waals surface area contributed by atoms with E-state index in [-0.39, 0.29) is 11.7 Å². The lowest BCUT2D eigenvalue weighted by Gasteiger charge is -2.19. The second-order valence-corrected chi connectivity index (χ2v) is 5.18.